The van der Waals surface area contributed by atoms with Crippen molar-refractivity contribution in [1.29, 1.82) is 0 Å². The minimum Gasteiger partial charge on any atom is -0.305 e. The smallest absolute Gasteiger partial charge is 0.224 e. The standard InChI is InChI=1S/C12H12BrNO3S/c1-9(15)14(11-4-2-3-10(13)7-11)12-5-6-18(16,17)8-12/h2-7,12H,8H2,1H3/t12-/m0/s1. The Hall–Kier alpha value is -1.14. The Bertz CT molecular complexity index is 610. The van der Waals surface area contributed by atoms with Gasteiger partial charge in [0, 0.05) is 22.5 Å². The lowest BCUT2D eigenvalue weighted by Crippen LogP contribution is -2.39. The molecule has 0 bridgehead atoms. The van der Waals surface area contributed by atoms with Crippen molar-refractivity contribution in [3.63, 3.8) is 0 Å². The molecule has 6 heteroatoms. The van der Waals surface area contributed by atoms with E-state index in [0.717, 1.165) is 4.47 Å². The van der Waals surface area contributed by atoms with Crippen molar-refractivity contribution in [2.75, 3.05) is 10.7 Å². The molecule has 1 amide bonds. The van der Waals surface area contributed by atoms with Gasteiger partial charge in [-0.25, -0.2) is 8.42 Å². The second kappa shape index (κ2) is 4.85. The van der Waals surface area contributed by atoms with Gasteiger partial charge in [-0.05, 0) is 24.3 Å². The quantitative estimate of drug-likeness (QED) is 0.835. The van der Waals surface area contributed by atoms with E-state index < -0.39 is 15.9 Å². The van der Waals surface area contributed by atoms with Crippen LogP contribution in [0.3, 0.4) is 0 Å². The summed E-state index contributed by atoms with van der Waals surface area (Å²) in [4.78, 5) is 13.2. The topological polar surface area (TPSA) is 54.5 Å². The van der Waals surface area contributed by atoms with Gasteiger partial charge in [-0.15, -0.1) is 0 Å². The summed E-state index contributed by atoms with van der Waals surface area (Å²) in [6.45, 7) is 1.43. The number of hydrogen-bond acceptors (Lipinski definition) is 3. The van der Waals surface area contributed by atoms with Crippen molar-refractivity contribution in [2.45, 2.75) is 13.0 Å². The molecule has 1 aromatic carbocycles. The van der Waals surface area contributed by atoms with Gasteiger partial charge in [0.1, 0.15) is 0 Å². The van der Waals surface area contributed by atoms with E-state index in [1.165, 1.54) is 17.2 Å². The van der Waals surface area contributed by atoms with Gasteiger partial charge in [-0.1, -0.05) is 22.0 Å². The highest BCUT2D eigenvalue weighted by molar-refractivity contribution is 9.10. The number of sulfone groups is 1. The minimum atomic E-state index is -3.18. The molecule has 1 aromatic rings. The fraction of sp³-hybridized carbons (Fsp3) is 0.250. The van der Waals surface area contributed by atoms with Gasteiger partial charge in [0.2, 0.25) is 5.91 Å². The molecule has 0 aromatic heterocycles. The average Bonchev–Trinajstić information content (AvgIpc) is 2.58. The van der Waals surface area contributed by atoms with Crippen LogP contribution in [0.2, 0.25) is 0 Å². The van der Waals surface area contributed by atoms with Gasteiger partial charge < -0.3 is 4.90 Å². The summed E-state index contributed by atoms with van der Waals surface area (Å²) < 4.78 is 23.7. The molecule has 1 heterocycles. The molecule has 0 radical (unpaired) electrons. The zero-order valence-corrected chi connectivity index (χ0v) is 12.1. The molecule has 1 atom stereocenters. The monoisotopic (exact) mass is 329 g/mol. The number of hydrogen-bond donors (Lipinski definition) is 0. The Morgan fingerprint density at radius 2 is 2.17 bits per heavy atom. The first-order valence-corrected chi connectivity index (χ1v) is 7.86. The number of anilines is 1. The Kier molecular flexibility index (Phi) is 3.59. The molecule has 18 heavy (non-hydrogen) atoms. The summed E-state index contributed by atoms with van der Waals surface area (Å²) >= 11 is 3.34. The lowest BCUT2D eigenvalue weighted by Gasteiger charge is -2.26. The number of carbonyl (C=O) groups excluding carboxylic acids is 1. The van der Waals surface area contributed by atoms with Gasteiger partial charge in [0.25, 0.3) is 0 Å². The number of nitrogens with zero attached hydrogens (tertiary/aromatic N) is 1. The Morgan fingerprint density at radius 1 is 1.44 bits per heavy atom. The number of halogens is 1. The summed E-state index contributed by atoms with van der Waals surface area (Å²) in [5.41, 5.74) is 0.684. The van der Waals surface area contributed by atoms with Crippen molar-refractivity contribution in [1.82, 2.24) is 0 Å². The minimum absolute atomic E-state index is 0.0565. The molecular formula is C12H12BrNO3S. The van der Waals surface area contributed by atoms with Gasteiger partial charge >= 0.3 is 0 Å². The van der Waals surface area contributed by atoms with Crippen LogP contribution in [-0.4, -0.2) is 26.1 Å². The van der Waals surface area contributed by atoms with E-state index in [2.05, 4.69) is 15.9 Å². The third-order valence-corrected chi connectivity index (χ3v) is 4.54. The van der Waals surface area contributed by atoms with E-state index in [4.69, 9.17) is 0 Å². The van der Waals surface area contributed by atoms with Crippen LogP contribution in [0.15, 0.2) is 40.2 Å². The van der Waals surface area contributed by atoms with Crippen LogP contribution in [0.1, 0.15) is 6.92 Å². The van der Waals surface area contributed by atoms with Crippen molar-refractivity contribution < 1.29 is 13.2 Å². The van der Waals surface area contributed by atoms with Gasteiger partial charge in [-0.3, -0.25) is 4.79 Å². The van der Waals surface area contributed by atoms with Crippen LogP contribution >= 0.6 is 15.9 Å². The van der Waals surface area contributed by atoms with E-state index >= 15 is 0 Å². The normalized spacial score (nSPS) is 20.9. The number of rotatable bonds is 2. The molecule has 0 N–H and O–H groups in total. The predicted octanol–water partition coefficient (Wildman–Crippen LogP) is 2.11. The van der Waals surface area contributed by atoms with Crippen LogP contribution in [0.4, 0.5) is 5.69 Å². The number of benzene rings is 1. The summed E-state index contributed by atoms with van der Waals surface area (Å²) in [6, 6.07) is 6.80. The molecule has 0 saturated carbocycles. The summed E-state index contributed by atoms with van der Waals surface area (Å²) in [7, 11) is -3.18. The molecule has 1 aliphatic rings. The van der Waals surface area contributed by atoms with Gasteiger partial charge in [-0.2, -0.15) is 0 Å². The molecule has 96 valence electrons. The fourth-order valence-electron chi connectivity index (χ4n) is 1.95. The molecule has 4 nitrogen and oxygen atoms in total. The first-order chi connectivity index (χ1) is 8.39. The van der Waals surface area contributed by atoms with Crippen LogP contribution < -0.4 is 4.90 Å². The average molecular weight is 330 g/mol. The second-order valence-corrected chi connectivity index (χ2v) is 6.94. The Morgan fingerprint density at radius 3 is 2.67 bits per heavy atom. The molecule has 0 fully saturated rings. The van der Waals surface area contributed by atoms with Crippen LogP contribution in [0.25, 0.3) is 0 Å². The Labute approximate surface area is 114 Å². The Balaban J connectivity index is 2.37. The van der Waals surface area contributed by atoms with Crippen molar-refractivity contribution >= 4 is 37.4 Å². The van der Waals surface area contributed by atoms with E-state index in [-0.39, 0.29) is 11.7 Å². The fourth-order valence-corrected chi connectivity index (χ4v) is 3.61. The first kappa shape index (κ1) is 13.3. The largest absolute Gasteiger partial charge is 0.305 e. The van der Waals surface area contributed by atoms with Crippen LogP contribution in [0.5, 0.6) is 0 Å². The van der Waals surface area contributed by atoms with Crippen LogP contribution in [-0.2, 0) is 14.6 Å². The lowest BCUT2D eigenvalue weighted by molar-refractivity contribution is -0.116. The maximum Gasteiger partial charge on any atom is 0.224 e. The predicted molar refractivity (Wildman–Crippen MR) is 74.0 cm³/mol. The maximum absolute atomic E-state index is 11.7. The molecule has 0 saturated heterocycles. The molecule has 2 rings (SSSR count). The second-order valence-electron chi connectivity index (χ2n) is 4.09. The highest BCUT2D eigenvalue weighted by atomic mass is 79.9. The zero-order valence-electron chi connectivity index (χ0n) is 9.71. The van der Waals surface area contributed by atoms with Crippen LogP contribution in [0, 0.1) is 0 Å². The molecule has 0 spiro atoms. The summed E-state index contributed by atoms with van der Waals surface area (Å²) in [5, 5.41) is 1.17. The maximum atomic E-state index is 11.7. The van der Waals surface area contributed by atoms with E-state index in [0.29, 0.717) is 5.69 Å². The summed E-state index contributed by atoms with van der Waals surface area (Å²) in [5.74, 6) is -0.237. The zero-order chi connectivity index (χ0) is 13.3. The van der Waals surface area contributed by atoms with Gasteiger partial charge in [0.15, 0.2) is 9.84 Å². The summed E-state index contributed by atoms with van der Waals surface area (Å²) in [6.07, 6.45) is 1.55. The molecule has 0 aliphatic carbocycles. The highest BCUT2D eigenvalue weighted by Crippen LogP contribution is 2.25. The number of carbonyl (C=O) groups is 1. The number of amides is 1. The molecule has 0 unspecified atom stereocenters. The van der Waals surface area contributed by atoms with Crippen molar-refractivity contribution in [3.05, 3.63) is 40.2 Å². The van der Waals surface area contributed by atoms with E-state index in [9.17, 15) is 13.2 Å². The van der Waals surface area contributed by atoms with E-state index in [1.54, 1.807) is 18.2 Å². The lowest BCUT2D eigenvalue weighted by atomic mass is 10.2. The van der Waals surface area contributed by atoms with Crippen molar-refractivity contribution in [3.8, 4) is 0 Å². The molecule has 1 aliphatic heterocycles. The van der Waals surface area contributed by atoms with Crippen molar-refractivity contribution in [2.24, 2.45) is 0 Å². The third-order valence-electron chi connectivity index (χ3n) is 2.67. The SMILES string of the molecule is CC(=O)N(c1cccc(Br)c1)[C@H]1C=CS(=O)(=O)C1. The highest BCUT2D eigenvalue weighted by Gasteiger charge is 2.29. The van der Waals surface area contributed by atoms with E-state index in [1.807, 2.05) is 12.1 Å². The third kappa shape index (κ3) is 2.81. The molecular weight excluding hydrogens is 318 g/mol. The first-order valence-electron chi connectivity index (χ1n) is 5.35. The van der Waals surface area contributed by atoms with Gasteiger partial charge in [0.05, 0.1) is 11.8 Å².